The second-order valence-corrected chi connectivity index (χ2v) is 13.1. The fourth-order valence-electron chi connectivity index (χ4n) is 4.78. The summed E-state index contributed by atoms with van der Waals surface area (Å²) < 4.78 is 16.9. The number of aliphatic carboxylic acids is 1. The molecule has 0 aromatic heterocycles. The molecule has 48 heavy (non-hydrogen) atoms. The molecule has 274 valence electrons. The monoisotopic (exact) mass is 673 g/mol. The SMILES string of the molecule is CC/C=C/C/C=C/C/C=C/C/C=C/CCCCCC(=O)OC(COCCC(C(=O)[O-])[N+](C)(C)C)COC(=O)CC/C=C/CCCCCC. The van der Waals surface area contributed by atoms with E-state index in [0.717, 1.165) is 57.8 Å². The Labute approximate surface area is 292 Å². The van der Waals surface area contributed by atoms with Crippen LogP contribution in [0.25, 0.3) is 0 Å². The standard InChI is InChI=1S/C40H67NO7/c1-6-8-10-12-14-16-17-18-19-20-21-22-23-25-27-29-31-39(43)48-36(34-46-33-32-37(40(44)45)41(3,4)5)35-47-38(42)30-28-26-24-15-13-11-9-7-2/h8,10,14,16,18-19,21-22,24,26,36-37H,6-7,9,11-13,15,17,20,23,25,27-35H2,1-5H3/b10-8+,16-14+,19-18+,22-21+,26-24+. The number of unbranched alkanes of at least 4 members (excludes halogenated alkanes) is 7. The van der Waals surface area contributed by atoms with E-state index in [1.807, 2.05) is 6.08 Å². The second-order valence-electron chi connectivity index (χ2n) is 13.1. The lowest BCUT2D eigenvalue weighted by Gasteiger charge is -2.34. The molecular formula is C40H67NO7. The van der Waals surface area contributed by atoms with Gasteiger partial charge in [0.15, 0.2) is 6.10 Å². The zero-order valence-corrected chi connectivity index (χ0v) is 30.9. The molecule has 8 heteroatoms. The molecule has 0 saturated heterocycles. The van der Waals surface area contributed by atoms with E-state index < -0.39 is 18.1 Å². The molecule has 0 aliphatic rings. The zero-order valence-electron chi connectivity index (χ0n) is 30.9. The minimum atomic E-state index is -1.14. The lowest BCUT2D eigenvalue weighted by Crippen LogP contribution is -2.55. The molecule has 0 aromatic carbocycles. The van der Waals surface area contributed by atoms with Crippen LogP contribution < -0.4 is 5.11 Å². The first-order chi connectivity index (χ1) is 23.1. The number of carboxylic acids is 1. The van der Waals surface area contributed by atoms with E-state index in [1.54, 1.807) is 21.1 Å². The van der Waals surface area contributed by atoms with Crippen molar-refractivity contribution in [3.8, 4) is 0 Å². The van der Waals surface area contributed by atoms with E-state index in [4.69, 9.17) is 14.2 Å². The maximum Gasteiger partial charge on any atom is 0.306 e. The van der Waals surface area contributed by atoms with Gasteiger partial charge in [0.1, 0.15) is 12.6 Å². The number of nitrogens with zero attached hydrogens (tertiary/aromatic N) is 1. The Kier molecular flexibility index (Phi) is 29.4. The number of carbonyl (C=O) groups is 3. The van der Waals surface area contributed by atoms with Crippen LogP contribution in [0.4, 0.5) is 0 Å². The van der Waals surface area contributed by atoms with E-state index in [-0.39, 0.29) is 55.5 Å². The molecule has 0 heterocycles. The average molecular weight is 674 g/mol. The molecule has 0 aromatic rings. The highest BCUT2D eigenvalue weighted by molar-refractivity contribution is 5.70. The van der Waals surface area contributed by atoms with Gasteiger partial charge < -0.3 is 28.6 Å². The largest absolute Gasteiger partial charge is 0.544 e. The van der Waals surface area contributed by atoms with Crippen LogP contribution >= 0.6 is 0 Å². The molecule has 0 aliphatic carbocycles. The van der Waals surface area contributed by atoms with Crippen molar-refractivity contribution in [2.45, 2.75) is 135 Å². The third kappa shape index (κ3) is 29.2. The van der Waals surface area contributed by atoms with Crippen LogP contribution in [0.2, 0.25) is 0 Å². The zero-order chi connectivity index (χ0) is 35.7. The van der Waals surface area contributed by atoms with Crippen LogP contribution in [0, 0.1) is 0 Å². The Morgan fingerprint density at radius 1 is 0.646 bits per heavy atom. The summed E-state index contributed by atoms with van der Waals surface area (Å²) in [5, 5.41) is 11.5. The van der Waals surface area contributed by atoms with Gasteiger partial charge in [-0.3, -0.25) is 9.59 Å². The molecule has 0 N–H and O–H groups in total. The van der Waals surface area contributed by atoms with Gasteiger partial charge in [-0.15, -0.1) is 0 Å². The molecule has 0 saturated carbocycles. The Morgan fingerprint density at radius 3 is 1.79 bits per heavy atom. The van der Waals surface area contributed by atoms with Gasteiger partial charge in [-0.1, -0.05) is 100 Å². The van der Waals surface area contributed by atoms with Crippen molar-refractivity contribution >= 4 is 17.9 Å². The second kappa shape index (κ2) is 31.3. The number of hydrogen-bond donors (Lipinski definition) is 0. The first-order valence-corrected chi connectivity index (χ1v) is 18.3. The Balaban J connectivity index is 4.53. The van der Waals surface area contributed by atoms with Gasteiger partial charge in [-0.25, -0.2) is 0 Å². The molecule has 0 amide bonds. The predicted octanol–water partition coefficient (Wildman–Crippen LogP) is 7.74. The van der Waals surface area contributed by atoms with Crippen LogP contribution in [0.5, 0.6) is 0 Å². The van der Waals surface area contributed by atoms with Crippen molar-refractivity contribution in [3.05, 3.63) is 60.8 Å². The maximum absolute atomic E-state index is 12.6. The number of carboxylic acid groups (broad SMARTS) is 1. The number of allylic oxidation sites excluding steroid dienone is 10. The maximum atomic E-state index is 12.6. The minimum Gasteiger partial charge on any atom is -0.544 e. The van der Waals surface area contributed by atoms with E-state index in [1.165, 1.54) is 19.3 Å². The molecule has 0 spiro atoms. The average Bonchev–Trinajstić information content (AvgIpc) is 3.03. The van der Waals surface area contributed by atoms with Crippen molar-refractivity contribution in [2.24, 2.45) is 0 Å². The Bertz CT molecular complexity index is 975. The molecule has 0 rings (SSSR count). The summed E-state index contributed by atoms with van der Waals surface area (Å²) >= 11 is 0. The molecule has 2 atom stereocenters. The molecular weight excluding hydrogens is 606 g/mol. The highest BCUT2D eigenvalue weighted by Gasteiger charge is 2.25. The molecule has 0 fully saturated rings. The summed E-state index contributed by atoms with van der Waals surface area (Å²) in [6.45, 7) is 4.39. The highest BCUT2D eigenvalue weighted by Crippen LogP contribution is 2.10. The summed E-state index contributed by atoms with van der Waals surface area (Å²) in [5.41, 5.74) is 0. The first kappa shape index (κ1) is 45.0. The Morgan fingerprint density at radius 2 is 1.21 bits per heavy atom. The Hall–Kier alpha value is -2.97. The van der Waals surface area contributed by atoms with Gasteiger partial charge in [0, 0.05) is 19.3 Å². The van der Waals surface area contributed by atoms with Crippen LogP contribution in [-0.2, 0) is 28.6 Å². The van der Waals surface area contributed by atoms with Gasteiger partial charge >= 0.3 is 11.9 Å². The summed E-state index contributed by atoms with van der Waals surface area (Å²) in [4.78, 5) is 36.5. The highest BCUT2D eigenvalue weighted by atomic mass is 16.6. The fraction of sp³-hybridized carbons (Fsp3) is 0.675. The number of esters is 2. The lowest BCUT2D eigenvalue weighted by atomic mass is 10.1. The number of rotatable bonds is 31. The van der Waals surface area contributed by atoms with E-state index in [9.17, 15) is 19.5 Å². The van der Waals surface area contributed by atoms with Gasteiger partial charge in [0.2, 0.25) is 0 Å². The first-order valence-electron chi connectivity index (χ1n) is 18.3. The van der Waals surface area contributed by atoms with Gasteiger partial charge in [-0.05, 0) is 64.2 Å². The van der Waals surface area contributed by atoms with E-state index >= 15 is 0 Å². The number of hydrogen-bond acceptors (Lipinski definition) is 7. The van der Waals surface area contributed by atoms with Crippen molar-refractivity contribution in [1.29, 1.82) is 0 Å². The van der Waals surface area contributed by atoms with Gasteiger partial charge in [0.25, 0.3) is 0 Å². The number of quaternary nitrogens is 1. The third-order valence-electron chi connectivity index (χ3n) is 7.65. The minimum absolute atomic E-state index is 0.0133. The van der Waals surface area contributed by atoms with Crippen molar-refractivity contribution in [3.63, 3.8) is 0 Å². The molecule has 0 bridgehead atoms. The topological polar surface area (TPSA) is 102 Å². The van der Waals surface area contributed by atoms with Crippen LogP contribution in [0.3, 0.4) is 0 Å². The molecule has 0 aliphatic heterocycles. The summed E-state index contributed by atoms with van der Waals surface area (Å²) in [6, 6.07) is -0.736. The van der Waals surface area contributed by atoms with E-state index in [0.29, 0.717) is 12.8 Å². The predicted molar refractivity (Wildman–Crippen MR) is 194 cm³/mol. The van der Waals surface area contributed by atoms with Gasteiger partial charge in [-0.2, -0.15) is 0 Å². The number of carbonyl (C=O) groups excluding carboxylic acids is 3. The van der Waals surface area contributed by atoms with Crippen LogP contribution in [0.1, 0.15) is 123 Å². The summed E-state index contributed by atoms with van der Waals surface area (Å²) in [7, 11) is 5.36. The molecule has 8 nitrogen and oxygen atoms in total. The molecule has 0 radical (unpaired) electrons. The lowest BCUT2D eigenvalue weighted by molar-refractivity contribution is -0.889. The molecule has 2 unspecified atom stereocenters. The normalized spacial score (nSPS) is 13.8. The van der Waals surface area contributed by atoms with Gasteiger partial charge in [0.05, 0.1) is 40.3 Å². The summed E-state index contributed by atoms with van der Waals surface area (Å²) in [6.07, 6.45) is 35.6. The number of ether oxygens (including phenoxy) is 3. The van der Waals surface area contributed by atoms with Crippen molar-refractivity contribution in [1.82, 2.24) is 0 Å². The quantitative estimate of drug-likeness (QED) is 0.0321. The van der Waals surface area contributed by atoms with Crippen molar-refractivity contribution < 1.29 is 38.2 Å². The van der Waals surface area contributed by atoms with Crippen LogP contribution in [-0.4, -0.2) is 75.5 Å². The number of likely N-dealkylation sites (N-methyl/N-ethyl adjacent to an activating group) is 1. The van der Waals surface area contributed by atoms with Crippen LogP contribution in [0.15, 0.2) is 60.8 Å². The third-order valence-corrected chi connectivity index (χ3v) is 7.65. The smallest absolute Gasteiger partial charge is 0.306 e. The van der Waals surface area contributed by atoms with Crippen molar-refractivity contribution in [2.75, 3.05) is 41.0 Å². The fourth-order valence-corrected chi connectivity index (χ4v) is 4.78. The van der Waals surface area contributed by atoms with E-state index in [2.05, 4.69) is 68.5 Å². The summed E-state index contributed by atoms with van der Waals surface area (Å²) in [5.74, 6) is -1.86.